The lowest BCUT2D eigenvalue weighted by Crippen LogP contribution is -1.95. The van der Waals surface area contributed by atoms with Gasteiger partial charge in [-0.1, -0.05) is 55.1 Å². The van der Waals surface area contributed by atoms with E-state index >= 15 is 0 Å². The zero-order chi connectivity index (χ0) is 11.8. The van der Waals surface area contributed by atoms with Crippen LogP contribution in [0.2, 0.25) is 0 Å². The third-order valence-electron chi connectivity index (χ3n) is 3.35. The van der Waals surface area contributed by atoms with Crippen molar-refractivity contribution in [2.45, 2.75) is 11.8 Å². The maximum Gasteiger partial charge on any atom is 0.0844 e. The third kappa shape index (κ3) is 1.69. The number of hydrogen-bond donors (Lipinski definition) is 0. The van der Waals surface area contributed by atoms with Crippen LogP contribution in [0.5, 0.6) is 0 Å². The predicted octanol–water partition coefficient (Wildman–Crippen LogP) is 4.58. The normalized spacial score (nSPS) is 18.2. The zero-order valence-corrected chi connectivity index (χ0v) is 10.2. The Hall–Kier alpha value is -1.53. The van der Waals surface area contributed by atoms with E-state index in [1.54, 1.807) is 0 Å². The van der Waals surface area contributed by atoms with E-state index in [0.29, 0.717) is 0 Å². The highest BCUT2D eigenvalue weighted by atomic mass is 35.5. The van der Waals surface area contributed by atoms with E-state index in [9.17, 15) is 0 Å². The van der Waals surface area contributed by atoms with Crippen molar-refractivity contribution in [1.29, 1.82) is 0 Å². The van der Waals surface area contributed by atoms with Crippen molar-refractivity contribution in [1.82, 2.24) is 0 Å². The molecule has 0 saturated carbocycles. The number of fused-ring (bicyclic) bond motifs is 2. The molecule has 0 nitrogen and oxygen atoms in total. The summed E-state index contributed by atoms with van der Waals surface area (Å²) in [5.41, 5.74) is 6.01. The molecule has 1 heteroatoms. The van der Waals surface area contributed by atoms with E-state index in [4.69, 9.17) is 11.6 Å². The molecule has 1 aliphatic rings. The van der Waals surface area contributed by atoms with Crippen LogP contribution in [0, 0.1) is 0 Å². The van der Waals surface area contributed by atoms with Gasteiger partial charge in [-0.2, -0.15) is 0 Å². The van der Waals surface area contributed by atoms with Gasteiger partial charge in [0.1, 0.15) is 0 Å². The SMILES string of the molecule is C=C1Cc2ccccc2C(Cl)c2ccccc21. The first-order valence-electron chi connectivity index (χ1n) is 5.76. The summed E-state index contributed by atoms with van der Waals surface area (Å²) in [4.78, 5) is 0. The van der Waals surface area contributed by atoms with E-state index < -0.39 is 0 Å². The van der Waals surface area contributed by atoms with Gasteiger partial charge >= 0.3 is 0 Å². The average molecular weight is 241 g/mol. The fourth-order valence-corrected chi connectivity index (χ4v) is 2.88. The van der Waals surface area contributed by atoms with Crippen molar-refractivity contribution >= 4 is 17.2 Å². The van der Waals surface area contributed by atoms with Crippen LogP contribution in [0.15, 0.2) is 55.1 Å². The highest BCUT2D eigenvalue weighted by molar-refractivity contribution is 6.23. The highest BCUT2D eigenvalue weighted by Gasteiger charge is 2.22. The molecule has 2 aromatic rings. The summed E-state index contributed by atoms with van der Waals surface area (Å²) < 4.78 is 0. The molecule has 1 aliphatic carbocycles. The van der Waals surface area contributed by atoms with Crippen LogP contribution in [-0.2, 0) is 6.42 Å². The minimum atomic E-state index is -0.0679. The summed E-state index contributed by atoms with van der Waals surface area (Å²) in [5.74, 6) is 0. The van der Waals surface area contributed by atoms with Gasteiger partial charge in [-0.05, 0) is 34.2 Å². The Labute approximate surface area is 107 Å². The number of rotatable bonds is 0. The molecule has 0 N–H and O–H groups in total. The second-order valence-corrected chi connectivity index (χ2v) is 4.87. The van der Waals surface area contributed by atoms with E-state index in [1.165, 1.54) is 22.3 Å². The smallest absolute Gasteiger partial charge is 0.0844 e. The van der Waals surface area contributed by atoms with Crippen LogP contribution in [0.3, 0.4) is 0 Å². The molecule has 0 heterocycles. The standard InChI is InChI=1S/C16H13Cl/c1-11-10-12-6-2-3-8-14(12)16(17)15-9-5-4-7-13(11)15/h2-9,16H,1,10H2. The van der Waals surface area contributed by atoms with Crippen molar-refractivity contribution in [2.75, 3.05) is 0 Å². The minimum absolute atomic E-state index is 0.0679. The predicted molar refractivity (Wildman–Crippen MR) is 73.3 cm³/mol. The number of benzene rings is 2. The van der Waals surface area contributed by atoms with E-state index in [-0.39, 0.29) is 5.38 Å². The molecule has 17 heavy (non-hydrogen) atoms. The molecule has 0 amide bonds. The number of alkyl halides is 1. The maximum atomic E-state index is 6.61. The Morgan fingerprint density at radius 3 is 2.41 bits per heavy atom. The molecule has 1 atom stereocenters. The average Bonchev–Trinajstić information content (AvgIpc) is 2.48. The summed E-state index contributed by atoms with van der Waals surface area (Å²) >= 11 is 6.61. The van der Waals surface area contributed by atoms with Gasteiger partial charge in [0.25, 0.3) is 0 Å². The Kier molecular flexibility index (Phi) is 2.53. The van der Waals surface area contributed by atoms with Crippen molar-refractivity contribution < 1.29 is 0 Å². The quantitative estimate of drug-likeness (QED) is 0.591. The first kappa shape index (κ1) is 10.6. The lowest BCUT2D eigenvalue weighted by molar-refractivity contribution is 1.11. The third-order valence-corrected chi connectivity index (χ3v) is 3.82. The minimum Gasteiger partial charge on any atom is -0.113 e. The Morgan fingerprint density at radius 2 is 1.59 bits per heavy atom. The Morgan fingerprint density at radius 1 is 0.941 bits per heavy atom. The fourth-order valence-electron chi connectivity index (χ4n) is 2.48. The summed E-state index contributed by atoms with van der Waals surface area (Å²) in [7, 11) is 0. The molecule has 0 aromatic heterocycles. The van der Waals surface area contributed by atoms with Crippen molar-refractivity contribution in [3.05, 3.63) is 77.4 Å². The van der Waals surface area contributed by atoms with Gasteiger partial charge in [-0.15, -0.1) is 11.6 Å². The number of allylic oxidation sites excluding steroid dienone is 1. The summed E-state index contributed by atoms with van der Waals surface area (Å²) in [6.07, 6.45) is 0.885. The molecular weight excluding hydrogens is 228 g/mol. The van der Waals surface area contributed by atoms with Gasteiger partial charge in [0.2, 0.25) is 0 Å². The van der Waals surface area contributed by atoms with Gasteiger partial charge in [0, 0.05) is 0 Å². The molecule has 0 aliphatic heterocycles. The molecule has 2 aromatic carbocycles. The van der Waals surface area contributed by atoms with Crippen LogP contribution in [0.1, 0.15) is 27.6 Å². The Balaban J connectivity index is 2.26. The lowest BCUT2D eigenvalue weighted by Gasteiger charge is -2.12. The van der Waals surface area contributed by atoms with E-state index in [2.05, 4.69) is 36.9 Å². The molecule has 0 fully saturated rings. The lowest BCUT2D eigenvalue weighted by atomic mass is 9.99. The molecule has 3 rings (SSSR count). The van der Waals surface area contributed by atoms with Gasteiger partial charge in [-0.3, -0.25) is 0 Å². The molecule has 1 unspecified atom stereocenters. The first-order chi connectivity index (χ1) is 8.27. The van der Waals surface area contributed by atoms with Crippen molar-refractivity contribution in [3.63, 3.8) is 0 Å². The molecule has 0 saturated heterocycles. The van der Waals surface area contributed by atoms with Gasteiger partial charge in [0.15, 0.2) is 0 Å². The summed E-state index contributed by atoms with van der Waals surface area (Å²) in [6, 6.07) is 16.7. The monoisotopic (exact) mass is 240 g/mol. The second-order valence-electron chi connectivity index (χ2n) is 4.43. The number of hydrogen-bond acceptors (Lipinski definition) is 0. The van der Waals surface area contributed by atoms with E-state index in [0.717, 1.165) is 12.0 Å². The summed E-state index contributed by atoms with van der Waals surface area (Å²) in [5, 5.41) is -0.0679. The van der Waals surface area contributed by atoms with Crippen LogP contribution in [0.25, 0.3) is 5.57 Å². The molecule has 0 bridgehead atoms. The second kappa shape index (κ2) is 4.05. The van der Waals surface area contributed by atoms with E-state index in [1.807, 2.05) is 18.2 Å². The van der Waals surface area contributed by atoms with Crippen LogP contribution in [0.4, 0.5) is 0 Å². The van der Waals surface area contributed by atoms with Gasteiger partial charge < -0.3 is 0 Å². The van der Waals surface area contributed by atoms with Crippen molar-refractivity contribution in [3.8, 4) is 0 Å². The molecule has 0 radical (unpaired) electrons. The van der Waals surface area contributed by atoms with Gasteiger partial charge in [0.05, 0.1) is 5.38 Å². The molecule has 0 spiro atoms. The molecule has 84 valence electrons. The number of halogens is 1. The van der Waals surface area contributed by atoms with Crippen LogP contribution >= 0.6 is 11.6 Å². The fraction of sp³-hybridized carbons (Fsp3) is 0.125. The molecular formula is C16H13Cl. The van der Waals surface area contributed by atoms with Gasteiger partial charge in [-0.25, -0.2) is 0 Å². The van der Waals surface area contributed by atoms with Crippen molar-refractivity contribution in [2.24, 2.45) is 0 Å². The summed E-state index contributed by atoms with van der Waals surface area (Å²) in [6.45, 7) is 4.19. The van der Waals surface area contributed by atoms with Crippen LogP contribution < -0.4 is 0 Å². The largest absolute Gasteiger partial charge is 0.113 e. The zero-order valence-electron chi connectivity index (χ0n) is 9.49. The Bertz CT molecular complexity index is 584. The maximum absolute atomic E-state index is 6.61. The topological polar surface area (TPSA) is 0 Å². The van der Waals surface area contributed by atoms with Crippen LogP contribution in [-0.4, -0.2) is 0 Å². The first-order valence-corrected chi connectivity index (χ1v) is 6.20. The highest BCUT2D eigenvalue weighted by Crippen LogP contribution is 2.39.